The van der Waals surface area contributed by atoms with Crippen molar-refractivity contribution in [3.8, 4) is 0 Å². The molecule has 0 radical (unpaired) electrons. The third-order valence-electron chi connectivity index (χ3n) is 5.94. The largest absolute Gasteiger partial charge is 0.390 e. The van der Waals surface area contributed by atoms with Crippen molar-refractivity contribution in [3.63, 3.8) is 0 Å². The van der Waals surface area contributed by atoms with Crippen molar-refractivity contribution < 1.29 is 9.90 Å². The van der Waals surface area contributed by atoms with Gasteiger partial charge in [0.1, 0.15) is 5.82 Å². The molecule has 0 aliphatic carbocycles. The number of benzene rings is 1. The highest BCUT2D eigenvalue weighted by Crippen LogP contribution is 2.19. The first-order valence-electron chi connectivity index (χ1n) is 10.6. The molecule has 3 N–H and O–H groups in total. The molecule has 1 fully saturated rings. The average molecular weight is 410 g/mol. The van der Waals surface area contributed by atoms with E-state index in [1.54, 1.807) is 12.3 Å². The number of rotatable bonds is 7. The number of amides is 1. The Morgan fingerprint density at radius 1 is 1.30 bits per heavy atom. The van der Waals surface area contributed by atoms with Crippen LogP contribution in [0.25, 0.3) is 0 Å². The Labute approximate surface area is 178 Å². The van der Waals surface area contributed by atoms with Gasteiger partial charge in [0.15, 0.2) is 0 Å². The van der Waals surface area contributed by atoms with Gasteiger partial charge in [-0.2, -0.15) is 0 Å². The number of β-amino-alcohol motifs (C(OH)–C–C–N with tert-alkyl or cyclic N) is 1. The number of hydrogen-bond donors (Lipinski definition) is 3. The van der Waals surface area contributed by atoms with E-state index in [0.29, 0.717) is 18.2 Å². The highest BCUT2D eigenvalue weighted by molar-refractivity contribution is 5.96. The van der Waals surface area contributed by atoms with Gasteiger partial charge in [-0.25, -0.2) is 4.98 Å². The molecule has 1 aromatic heterocycles. The lowest BCUT2D eigenvalue weighted by atomic mass is 10.00. The molecule has 2 aliphatic rings. The Bertz CT molecular complexity index is 897. The molecule has 7 heteroatoms. The van der Waals surface area contributed by atoms with Crippen LogP contribution in [0.3, 0.4) is 0 Å². The number of likely N-dealkylation sites (tertiary alicyclic amines) is 1. The number of pyridine rings is 1. The van der Waals surface area contributed by atoms with Crippen LogP contribution in [0.15, 0.2) is 36.5 Å². The number of anilines is 1. The predicted molar refractivity (Wildman–Crippen MR) is 118 cm³/mol. The molecule has 7 nitrogen and oxygen atoms in total. The SMILES string of the molecule is Cc1cnc(NC2CN(C)C2)cc1C(=O)NC[C@H](O)CN1CCc2ccccc2C1. The third kappa shape index (κ3) is 4.98. The number of nitrogens with one attached hydrogen (secondary N) is 2. The van der Waals surface area contributed by atoms with Crippen molar-refractivity contribution in [3.05, 3.63) is 58.8 Å². The summed E-state index contributed by atoms with van der Waals surface area (Å²) >= 11 is 0. The fourth-order valence-corrected chi connectivity index (χ4v) is 4.23. The second-order valence-corrected chi connectivity index (χ2v) is 8.56. The van der Waals surface area contributed by atoms with Crippen LogP contribution >= 0.6 is 0 Å². The number of aliphatic hydroxyl groups excluding tert-OH is 1. The van der Waals surface area contributed by atoms with E-state index in [1.807, 2.05) is 6.92 Å². The normalized spacial score (nSPS) is 18.4. The molecule has 30 heavy (non-hydrogen) atoms. The standard InChI is InChI=1S/C23H31N5O2/c1-16-10-24-22(26-19-13-27(2)14-19)9-21(16)23(30)25-11-20(29)15-28-8-7-17-5-3-4-6-18(17)12-28/h3-6,9-10,19-20,29H,7-8,11-15H2,1-2H3,(H,24,26)(H,25,30)/t20-/m0/s1. The molecule has 0 saturated carbocycles. The molecule has 1 saturated heterocycles. The molecule has 1 atom stereocenters. The maximum atomic E-state index is 12.7. The maximum absolute atomic E-state index is 12.7. The monoisotopic (exact) mass is 409 g/mol. The summed E-state index contributed by atoms with van der Waals surface area (Å²) in [6, 6.07) is 10.6. The Hall–Kier alpha value is -2.48. The average Bonchev–Trinajstić information content (AvgIpc) is 2.72. The van der Waals surface area contributed by atoms with Gasteiger partial charge in [-0.15, -0.1) is 0 Å². The van der Waals surface area contributed by atoms with Gasteiger partial charge >= 0.3 is 0 Å². The zero-order valence-corrected chi connectivity index (χ0v) is 17.8. The van der Waals surface area contributed by atoms with E-state index in [0.717, 1.165) is 44.0 Å². The van der Waals surface area contributed by atoms with Crippen molar-refractivity contribution in [2.24, 2.45) is 0 Å². The Kier molecular flexibility index (Phi) is 6.32. The molecule has 4 rings (SSSR count). The molecule has 0 bridgehead atoms. The van der Waals surface area contributed by atoms with Crippen LogP contribution in [-0.2, 0) is 13.0 Å². The van der Waals surface area contributed by atoms with Gasteiger partial charge in [0.05, 0.1) is 12.1 Å². The lowest BCUT2D eigenvalue weighted by molar-refractivity contribution is 0.0841. The topological polar surface area (TPSA) is 80.7 Å². The number of aryl methyl sites for hydroxylation is 1. The fourth-order valence-electron chi connectivity index (χ4n) is 4.23. The van der Waals surface area contributed by atoms with E-state index in [4.69, 9.17) is 0 Å². The summed E-state index contributed by atoms with van der Waals surface area (Å²) in [5.74, 6) is 0.545. The summed E-state index contributed by atoms with van der Waals surface area (Å²) in [5.41, 5.74) is 4.14. The predicted octanol–water partition coefficient (Wildman–Crippen LogP) is 1.26. The smallest absolute Gasteiger partial charge is 0.251 e. The van der Waals surface area contributed by atoms with Crippen molar-refractivity contribution in [2.45, 2.75) is 32.0 Å². The minimum absolute atomic E-state index is 0.174. The first kappa shape index (κ1) is 20.8. The van der Waals surface area contributed by atoms with Crippen molar-refractivity contribution in [1.29, 1.82) is 0 Å². The van der Waals surface area contributed by atoms with Crippen molar-refractivity contribution >= 4 is 11.7 Å². The molecule has 1 amide bonds. The summed E-state index contributed by atoms with van der Waals surface area (Å²) < 4.78 is 0. The Balaban J connectivity index is 1.28. The molecule has 0 unspecified atom stereocenters. The van der Waals surface area contributed by atoms with Crippen LogP contribution in [0.1, 0.15) is 27.0 Å². The van der Waals surface area contributed by atoms with Gasteiger partial charge in [-0.1, -0.05) is 24.3 Å². The van der Waals surface area contributed by atoms with E-state index in [9.17, 15) is 9.90 Å². The fraction of sp³-hybridized carbons (Fsp3) is 0.478. The number of hydrogen-bond acceptors (Lipinski definition) is 6. The number of carbonyl (C=O) groups excluding carboxylic acids is 1. The zero-order valence-electron chi connectivity index (χ0n) is 17.8. The quantitative estimate of drug-likeness (QED) is 0.639. The number of carbonyl (C=O) groups is 1. The summed E-state index contributed by atoms with van der Waals surface area (Å²) in [6.45, 7) is 6.38. The molecule has 3 heterocycles. The van der Waals surface area contributed by atoms with Gasteiger partial charge in [0.2, 0.25) is 0 Å². The van der Waals surface area contributed by atoms with Crippen LogP contribution < -0.4 is 10.6 Å². The van der Waals surface area contributed by atoms with Gasteiger partial charge in [-0.3, -0.25) is 9.69 Å². The van der Waals surface area contributed by atoms with E-state index >= 15 is 0 Å². The highest BCUT2D eigenvalue weighted by atomic mass is 16.3. The van der Waals surface area contributed by atoms with Crippen LogP contribution in [0, 0.1) is 6.92 Å². The summed E-state index contributed by atoms with van der Waals surface area (Å²) in [5, 5.41) is 16.7. The lowest BCUT2D eigenvalue weighted by Crippen LogP contribution is -2.52. The molecule has 2 aromatic rings. The van der Waals surface area contributed by atoms with Gasteiger partial charge in [0, 0.05) is 51.0 Å². The number of likely N-dealkylation sites (N-methyl/N-ethyl adjacent to an activating group) is 1. The molecule has 0 spiro atoms. The number of nitrogens with zero attached hydrogens (tertiary/aromatic N) is 3. The number of aromatic nitrogens is 1. The van der Waals surface area contributed by atoms with Crippen LogP contribution in [0.4, 0.5) is 5.82 Å². The molecular formula is C23H31N5O2. The van der Waals surface area contributed by atoms with Crippen LogP contribution in [0.2, 0.25) is 0 Å². The van der Waals surface area contributed by atoms with Crippen LogP contribution in [0.5, 0.6) is 0 Å². The van der Waals surface area contributed by atoms with Gasteiger partial charge in [-0.05, 0) is 43.1 Å². The van der Waals surface area contributed by atoms with Crippen molar-refractivity contribution in [2.75, 3.05) is 45.1 Å². The minimum Gasteiger partial charge on any atom is -0.390 e. The first-order chi connectivity index (χ1) is 14.5. The Morgan fingerprint density at radius 3 is 2.83 bits per heavy atom. The van der Waals surface area contributed by atoms with Gasteiger partial charge < -0.3 is 20.6 Å². The number of fused-ring (bicyclic) bond motifs is 1. The number of aliphatic hydroxyl groups is 1. The first-order valence-corrected chi connectivity index (χ1v) is 10.6. The highest BCUT2D eigenvalue weighted by Gasteiger charge is 2.24. The van der Waals surface area contributed by atoms with Crippen LogP contribution in [-0.4, -0.2) is 77.7 Å². The van der Waals surface area contributed by atoms with E-state index in [2.05, 4.69) is 56.7 Å². The van der Waals surface area contributed by atoms with E-state index in [1.165, 1.54) is 11.1 Å². The third-order valence-corrected chi connectivity index (χ3v) is 5.94. The molecule has 1 aromatic carbocycles. The van der Waals surface area contributed by atoms with E-state index < -0.39 is 6.10 Å². The summed E-state index contributed by atoms with van der Waals surface area (Å²) in [7, 11) is 2.08. The lowest BCUT2D eigenvalue weighted by Gasteiger charge is -2.36. The Morgan fingerprint density at radius 2 is 2.07 bits per heavy atom. The molecule has 2 aliphatic heterocycles. The van der Waals surface area contributed by atoms with Crippen molar-refractivity contribution in [1.82, 2.24) is 20.1 Å². The summed E-state index contributed by atoms with van der Waals surface area (Å²) in [4.78, 5) is 21.6. The molecular weight excluding hydrogens is 378 g/mol. The maximum Gasteiger partial charge on any atom is 0.251 e. The second-order valence-electron chi connectivity index (χ2n) is 8.56. The minimum atomic E-state index is -0.607. The van der Waals surface area contributed by atoms with Gasteiger partial charge in [0.25, 0.3) is 5.91 Å². The van der Waals surface area contributed by atoms with E-state index in [-0.39, 0.29) is 12.5 Å². The molecule has 160 valence electrons. The second kappa shape index (κ2) is 9.12. The zero-order chi connectivity index (χ0) is 21.1. The summed E-state index contributed by atoms with van der Waals surface area (Å²) in [6.07, 6.45) is 2.11.